The first kappa shape index (κ1) is 22.3. The lowest BCUT2D eigenvalue weighted by Crippen LogP contribution is -2.38. The van der Waals surface area contributed by atoms with Crippen molar-refractivity contribution in [3.63, 3.8) is 0 Å². The van der Waals surface area contributed by atoms with E-state index in [2.05, 4.69) is 62.1 Å². The van der Waals surface area contributed by atoms with Crippen molar-refractivity contribution in [2.45, 2.75) is 65.0 Å². The van der Waals surface area contributed by atoms with Gasteiger partial charge in [-0.25, -0.2) is 0 Å². The van der Waals surface area contributed by atoms with Crippen LogP contribution in [0.25, 0.3) is 0 Å². The minimum absolute atomic E-state index is 0.0756. The van der Waals surface area contributed by atoms with Gasteiger partial charge in [-0.2, -0.15) is 5.10 Å². The van der Waals surface area contributed by atoms with Gasteiger partial charge < -0.3 is 10.1 Å². The number of methoxy groups -OCH3 is 1. The predicted octanol–water partition coefficient (Wildman–Crippen LogP) is 4.34. The first-order valence-electron chi connectivity index (χ1n) is 11.0. The van der Waals surface area contributed by atoms with Gasteiger partial charge in [-0.3, -0.25) is 14.4 Å². The summed E-state index contributed by atoms with van der Waals surface area (Å²) in [5.41, 5.74) is 2.69. The van der Waals surface area contributed by atoms with Gasteiger partial charge in [0, 0.05) is 18.2 Å². The van der Waals surface area contributed by atoms with E-state index in [1.54, 1.807) is 7.11 Å². The van der Waals surface area contributed by atoms with Crippen LogP contribution in [0.15, 0.2) is 30.3 Å². The predicted molar refractivity (Wildman–Crippen MR) is 120 cm³/mol. The number of carbonyl (C=O) groups is 1. The number of hydrogen-bond donors (Lipinski definition) is 1. The second-order valence-corrected chi connectivity index (χ2v) is 9.03. The average Bonchev–Trinajstić information content (AvgIpc) is 3.47. The van der Waals surface area contributed by atoms with Crippen molar-refractivity contribution in [3.8, 4) is 5.75 Å². The maximum atomic E-state index is 13.0. The number of rotatable bonds is 9. The maximum Gasteiger partial charge on any atom is 0.271 e. The second kappa shape index (κ2) is 9.21. The van der Waals surface area contributed by atoms with E-state index in [1.807, 2.05) is 22.9 Å². The fourth-order valence-electron chi connectivity index (χ4n) is 3.96. The fourth-order valence-corrected chi connectivity index (χ4v) is 3.96. The molecule has 1 fully saturated rings. The number of aromatic nitrogens is 2. The van der Waals surface area contributed by atoms with Gasteiger partial charge in [-0.15, -0.1) is 0 Å². The van der Waals surface area contributed by atoms with Gasteiger partial charge in [0.05, 0.1) is 18.7 Å². The molecular weight excluding hydrogens is 376 g/mol. The van der Waals surface area contributed by atoms with Crippen LogP contribution in [0.3, 0.4) is 0 Å². The minimum atomic E-state index is -0.138. The van der Waals surface area contributed by atoms with Crippen LogP contribution in [0, 0.1) is 0 Å². The zero-order valence-electron chi connectivity index (χ0n) is 19.2. The Morgan fingerprint density at radius 2 is 1.97 bits per heavy atom. The maximum absolute atomic E-state index is 13.0. The zero-order chi connectivity index (χ0) is 21.9. The fraction of sp³-hybridized carbons (Fsp3) is 0.583. The Kier molecular flexibility index (Phi) is 6.86. The van der Waals surface area contributed by atoms with E-state index in [4.69, 9.17) is 4.74 Å². The third kappa shape index (κ3) is 5.04. The van der Waals surface area contributed by atoms with Crippen molar-refractivity contribution in [1.29, 1.82) is 0 Å². The molecule has 0 bridgehead atoms. The quantitative estimate of drug-likeness (QED) is 0.666. The number of hydrogen-bond acceptors (Lipinski definition) is 4. The number of nitrogens with one attached hydrogen (secondary N) is 1. The highest BCUT2D eigenvalue weighted by Gasteiger charge is 2.32. The smallest absolute Gasteiger partial charge is 0.271 e. The molecule has 30 heavy (non-hydrogen) atoms. The van der Waals surface area contributed by atoms with Crippen LogP contribution in [-0.2, 0) is 5.54 Å². The van der Waals surface area contributed by atoms with E-state index in [9.17, 15) is 4.79 Å². The normalized spacial score (nSPS) is 15.3. The Balaban J connectivity index is 1.79. The third-order valence-electron chi connectivity index (χ3n) is 5.79. The van der Waals surface area contributed by atoms with E-state index in [-0.39, 0.29) is 17.5 Å². The van der Waals surface area contributed by atoms with E-state index in [1.165, 1.54) is 18.5 Å². The Labute approximate surface area is 180 Å². The number of amides is 1. The molecule has 6 nitrogen and oxygen atoms in total. The summed E-state index contributed by atoms with van der Waals surface area (Å²) in [6, 6.07) is 10.1. The second-order valence-electron chi connectivity index (χ2n) is 9.03. The Morgan fingerprint density at radius 3 is 2.53 bits per heavy atom. The Bertz CT molecular complexity index is 860. The summed E-state index contributed by atoms with van der Waals surface area (Å²) in [4.78, 5) is 15.4. The SMILES string of the molecule is CCN(CC)C(CNC(=O)c1cc(C2CC2)n(C(C)(C)C)n1)c1cccc(OC)c1. The molecule has 1 atom stereocenters. The molecule has 1 heterocycles. The minimum Gasteiger partial charge on any atom is -0.497 e. The summed E-state index contributed by atoms with van der Waals surface area (Å²) in [6.45, 7) is 13.0. The average molecular weight is 413 g/mol. The highest BCUT2D eigenvalue weighted by atomic mass is 16.5. The molecular formula is C24H36N4O2. The largest absolute Gasteiger partial charge is 0.497 e. The van der Waals surface area contributed by atoms with E-state index < -0.39 is 0 Å². The summed E-state index contributed by atoms with van der Waals surface area (Å²) >= 11 is 0. The number of ether oxygens (including phenoxy) is 1. The van der Waals surface area contributed by atoms with E-state index in [0.717, 1.165) is 24.4 Å². The molecule has 164 valence electrons. The van der Waals surface area contributed by atoms with Crippen LogP contribution in [0.4, 0.5) is 0 Å². The molecule has 0 aliphatic heterocycles. The third-order valence-corrected chi connectivity index (χ3v) is 5.79. The molecule has 1 aliphatic carbocycles. The zero-order valence-corrected chi connectivity index (χ0v) is 19.2. The standard InChI is InChI=1S/C24H36N4O2/c1-7-27(8-2)22(18-10-9-11-19(14-18)30-6)16-25-23(29)20-15-21(17-12-13-17)28(26-20)24(3,4)5/h9-11,14-15,17,22H,7-8,12-13,16H2,1-6H3,(H,25,29). The molecule has 1 unspecified atom stereocenters. The molecule has 1 aromatic heterocycles. The lowest BCUT2D eigenvalue weighted by atomic mass is 10.0. The topological polar surface area (TPSA) is 59.4 Å². The number of likely N-dealkylation sites (N-methyl/N-ethyl adjacent to an activating group) is 1. The highest BCUT2D eigenvalue weighted by molar-refractivity contribution is 5.92. The van der Waals surface area contributed by atoms with E-state index >= 15 is 0 Å². The van der Waals surface area contributed by atoms with Crippen molar-refractivity contribution in [3.05, 3.63) is 47.3 Å². The van der Waals surface area contributed by atoms with Crippen molar-refractivity contribution in [2.75, 3.05) is 26.7 Å². The molecule has 1 amide bonds. The molecule has 0 saturated heterocycles. The molecule has 1 aliphatic rings. The van der Waals surface area contributed by atoms with Crippen molar-refractivity contribution in [1.82, 2.24) is 20.0 Å². The van der Waals surface area contributed by atoms with Crippen LogP contribution >= 0.6 is 0 Å². The highest BCUT2D eigenvalue weighted by Crippen LogP contribution is 2.41. The number of nitrogens with zero attached hydrogens (tertiary/aromatic N) is 3. The van der Waals surface area contributed by atoms with Gasteiger partial charge in [0.1, 0.15) is 11.4 Å². The van der Waals surface area contributed by atoms with Gasteiger partial charge in [0.25, 0.3) is 5.91 Å². The first-order chi connectivity index (χ1) is 14.3. The number of carbonyl (C=O) groups excluding carboxylic acids is 1. The van der Waals surface area contributed by atoms with Crippen LogP contribution in [0.5, 0.6) is 5.75 Å². The molecule has 3 rings (SSSR count). The lowest BCUT2D eigenvalue weighted by Gasteiger charge is -2.30. The van der Waals surface area contributed by atoms with Crippen molar-refractivity contribution < 1.29 is 9.53 Å². The Morgan fingerprint density at radius 1 is 1.27 bits per heavy atom. The summed E-state index contributed by atoms with van der Waals surface area (Å²) in [7, 11) is 1.68. The van der Waals surface area contributed by atoms with Gasteiger partial charge in [0.2, 0.25) is 0 Å². The van der Waals surface area contributed by atoms with Crippen molar-refractivity contribution >= 4 is 5.91 Å². The summed E-state index contributed by atoms with van der Waals surface area (Å²) in [5.74, 6) is 1.26. The van der Waals surface area contributed by atoms with Gasteiger partial charge in [0.15, 0.2) is 0 Å². The van der Waals surface area contributed by atoms with Crippen LogP contribution in [-0.4, -0.2) is 47.3 Å². The van der Waals surface area contributed by atoms with Crippen molar-refractivity contribution in [2.24, 2.45) is 0 Å². The molecule has 0 spiro atoms. The summed E-state index contributed by atoms with van der Waals surface area (Å²) in [5, 5.41) is 7.82. The number of benzene rings is 1. The first-order valence-corrected chi connectivity index (χ1v) is 11.0. The monoisotopic (exact) mass is 412 g/mol. The van der Waals surface area contributed by atoms with Crippen LogP contribution in [0.2, 0.25) is 0 Å². The van der Waals surface area contributed by atoms with Crippen LogP contribution < -0.4 is 10.1 Å². The Hall–Kier alpha value is -2.34. The molecule has 1 saturated carbocycles. The molecule has 0 radical (unpaired) electrons. The lowest BCUT2D eigenvalue weighted by molar-refractivity contribution is 0.0928. The van der Waals surface area contributed by atoms with Crippen LogP contribution in [0.1, 0.15) is 81.2 Å². The molecule has 1 aromatic carbocycles. The van der Waals surface area contributed by atoms with E-state index in [0.29, 0.717) is 18.2 Å². The van der Waals surface area contributed by atoms with Gasteiger partial charge in [-0.05, 0) is 70.5 Å². The molecule has 1 N–H and O–H groups in total. The van der Waals surface area contributed by atoms with Gasteiger partial charge >= 0.3 is 0 Å². The summed E-state index contributed by atoms with van der Waals surface area (Å²) < 4.78 is 7.44. The molecule has 6 heteroatoms. The molecule has 2 aromatic rings. The van der Waals surface area contributed by atoms with Gasteiger partial charge in [-0.1, -0.05) is 26.0 Å². The summed E-state index contributed by atoms with van der Waals surface area (Å²) in [6.07, 6.45) is 2.37.